The highest BCUT2D eigenvalue weighted by molar-refractivity contribution is 5.91. The van der Waals surface area contributed by atoms with Crippen molar-refractivity contribution in [3.05, 3.63) is 47.2 Å². The fourth-order valence-electron chi connectivity index (χ4n) is 1.04. The lowest BCUT2D eigenvalue weighted by Crippen LogP contribution is -2.02. The second kappa shape index (κ2) is 4.61. The molecule has 0 aliphatic rings. The van der Waals surface area contributed by atoms with E-state index in [0.29, 0.717) is 5.56 Å². The molecule has 0 amide bonds. The summed E-state index contributed by atoms with van der Waals surface area (Å²) in [6, 6.07) is 7.37. The van der Waals surface area contributed by atoms with E-state index in [1.165, 1.54) is 6.26 Å². The van der Waals surface area contributed by atoms with Crippen molar-refractivity contribution in [2.75, 3.05) is 0 Å². The molecule has 0 aromatic heterocycles. The molecule has 1 aromatic carbocycles. The van der Waals surface area contributed by atoms with Crippen molar-refractivity contribution in [1.29, 1.82) is 0 Å². The lowest BCUT2D eigenvalue weighted by molar-refractivity contribution is 0.0659. The van der Waals surface area contributed by atoms with Crippen LogP contribution in [0.1, 0.15) is 29.8 Å². The summed E-state index contributed by atoms with van der Waals surface area (Å²) in [6.07, 6.45) is 1.47. The van der Waals surface area contributed by atoms with Gasteiger partial charge in [0.15, 0.2) is 0 Å². The summed E-state index contributed by atoms with van der Waals surface area (Å²) >= 11 is 0. The quantitative estimate of drug-likeness (QED) is 0.529. The molecule has 0 saturated carbocycles. The van der Waals surface area contributed by atoms with Crippen molar-refractivity contribution in [3.8, 4) is 0 Å². The highest BCUT2D eigenvalue weighted by Crippen LogP contribution is 2.08. The van der Waals surface area contributed by atoms with E-state index in [-0.39, 0.29) is 5.97 Å². The number of hydrogen-bond acceptors (Lipinski definition) is 2. The number of ether oxygens (including phenoxy) is 1. The summed E-state index contributed by atoms with van der Waals surface area (Å²) in [5.74, 6) is -0.302. The minimum absolute atomic E-state index is 0.302. The number of esters is 1. The number of benzene rings is 1. The summed E-state index contributed by atoms with van der Waals surface area (Å²) in [5.41, 5.74) is 2.51. The molecular formula is C12H14O2. The molecule has 0 aliphatic heterocycles. The molecule has 0 N–H and O–H groups in total. The van der Waals surface area contributed by atoms with Gasteiger partial charge in [-0.25, -0.2) is 4.79 Å². The summed E-state index contributed by atoms with van der Waals surface area (Å²) in [7, 11) is 0. The zero-order chi connectivity index (χ0) is 10.6. The first kappa shape index (κ1) is 10.5. The minimum Gasteiger partial charge on any atom is -0.431 e. The Morgan fingerprint density at radius 2 is 1.93 bits per heavy atom. The molecule has 2 heteroatoms. The maximum absolute atomic E-state index is 11.5. The fraction of sp³-hybridized carbons (Fsp3) is 0.250. The van der Waals surface area contributed by atoms with E-state index in [9.17, 15) is 4.79 Å². The van der Waals surface area contributed by atoms with Gasteiger partial charge in [-0.1, -0.05) is 18.2 Å². The van der Waals surface area contributed by atoms with Gasteiger partial charge in [0.25, 0.3) is 0 Å². The average molecular weight is 190 g/mol. The minimum atomic E-state index is -0.302. The number of hydrogen-bond donors (Lipinski definition) is 0. The summed E-state index contributed by atoms with van der Waals surface area (Å²) in [6.45, 7) is 5.65. The molecule has 0 spiro atoms. The maximum atomic E-state index is 11.5. The molecule has 0 atom stereocenters. The van der Waals surface area contributed by atoms with E-state index in [1.807, 2.05) is 39.0 Å². The first-order valence-corrected chi connectivity index (χ1v) is 4.51. The Morgan fingerprint density at radius 3 is 2.50 bits per heavy atom. The van der Waals surface area contributed by atoms with Crippen molar-refractivity contribution in [2.45, 2.75) is 20.8 Å². The topological polar surface area (TPSA) is 26.3 Å². The SMILES string of the molecule is CC(C)=COC(=O)c1ccccc1C. The molecule has 0 heterocycles. The predicted octanol–water partition coefficient (Wildman–Crippen LogP) is 3.08. The third-order valence-corrected chi connectivity index (χ3v) is 1.77. The van der Waals surface area contributed by atoms with Crippen LogP contribution in [0.5, 0.6) is 0 Å². The molecule has 1 rings (SSSR count). The largest absolute Gasteiger partial charge is 0.431 e. The molecular weight excluding hydrogens is 176 g/mol. The van der Waals surface area contributed by atoms with Gasteiger partial charge < -0.3 is 4.74 Å². The van der Waals surface area contributed by atoms with Crippen LogP contribution >= 0.6 is 0 Å². The summed E-state index contributed by atoms with van der Waals surface area (Å²) in [4.78, 5) is 11.5. The second-order valence-electron chi connectivity index (χ2n) is 3.42. The van der Waals surface area contributed by atoms with Crippen molar-refractivity contribution in [1.82, 2.24) is 0 Å². The van der Waals surface area contributed by atoms with Gasteiger partial charge in [-0.15, -0.1) is 0 Å². The van der Waals surface area contributed by atoms with Crippen molar-refractivity contribution in [2.24, 2.45) is 0 Å². The Labute approximate surface area is 84.2 Å². The van der Waals surface area contributed by atoms with Gasteiger partial charge >= 0.3 is 5.97 Å². The van der Waals surface area contributed by atoms with E-state index >= 15 is 0 Å². The molecule has 0 fully saturated rings. The molecule has 0 radical (unpaired) electrons. The highest BCUT2D eigenvalue weighted by Gasteiger charge is 2.07. The first-order valence-electron chi connectivity index (χ1n) is 4.51. The first-order chi connectivity index (χ1) is 6.61. The smallest absolute Gasteiger partial charge is 0.343 e. The molecule has 14 heavy (non-hydrogen) atoms. The number of rotatable bonds is 2. The predicted molar refractivity (Wildman–Crippen MR) is 56.0 cm³/mol. The van der Waals surface area contributed by atoms with Crippen LogP contribution in [0.25, 0.3) is 0 Å². The van der Waals surface area contributed by atoms with E-state index in [4.69, 9.17) is 4.74 Å². The Hall–Kier alpha value is -1.57. The van der Waals surface area contributed by atoms with Gasteiger partial charge in [0.1, 0.15) is 0 Å². The van der Waals surface area contributed by atoms with Crippen LogP contribution in [0.15, 0.2) is 36.1 Å². The van der Waals surface area contributed by atoms with E-state index in [1.54, 1.807) is 6.07 Å². The molecule has 0 aliphatic carbocycles. The van der Waals surface area contributed by atoms with Crippen LogP contribution in [-0.2, 0) is 4.74 Å². The number of allylic oxidation sites excluding steroid dienone is 1. The monoisotopic (exact) mass is 190 g/mol. The van der Waals surface area contributed by atoms with Gasteiger partial charge in [-0.05, 0) is 38.0 Å². The number of aryl methyl sites for hydroxylation is 1. The summed E-state index contributed by atoms with van der Waals surface area (Å²) < 4.78 is 4.97. The standard InChI is InChI=1S/C12H14O2/c1-9(2)8-14-12(13)11-7-5-4-6-10(11)3/h4-8H,1-3H3. The van der Waals surface area contributed by atoms with Gasteiger partial charge in [0.05, 0.1) is 11.8 Å². The van der Waals surface area contributed by atoms with Crippen molar-refractivity contribution in [3.63, 3.8) is 0 Å². The molecule has 0 unspecified atom stereocenters. The zero-order valence-corrected chi connectivity index (χ0v) is 8.70. The summed E-state index contributed by atoms with van der Waals surface area (Å²) in [5, 5.41) is 0. The van der Waals surface area contributed by atoms with E-state index < -0.39 is 0 Å². The van der Waals surface area contributed by atoms with Crippen molar-refractivity contribution < 1.29 is 9.53 Å². The Bertz CT molecular complexity index is 360. The molecule has 1 aromatic rings. The van der Waals surface area contributed by atoms with Gasteiger partial charge in [-0.3, -0.25) is 0 Å². The Balaban J connectivity index is 2.80. The molecule has 2 nitrogen and oxygen atoms in total. The van der Waals surface area contributed by atoms with Gasteiger partial charge in [-0.2, -0.15) is 0 Å². The average Bonchev–Trinajstić information content (AvgIpc) is 2.15. The molecule has 0 bridgehead atoms. The van der Waals surface area contributed by atoms with Crippen LogP contribution in [0.2, 0.25) is 0 Å². The van der Waals surface area contributed by atoms with Crippen LogP contribution in [-0.4, -0.2) is 5.97 Å². The number of carbonyl (C=O) groups excluding carboxylic acids is 1. The van der Waals surface area contributed by atoms with Crippen LogP contribution < -0.4 is 0 Å². The van der Waals surface area contributed by atoms with Gasteiger partial charge in [0, 0.05) is 0 Å². The van der Waals surface area contributed by atoms with Crippen LogP contribution in [0, 0.1) is 6.92 Å². The van der Waals surface area contributed by atoms with Crippen molar-refractivity contribution >= 4 is 5.97 Å². The van der Waals surface area contributed by atoms with E-state index in [2.05, 4.69) is 0 Å². The van der Waals surface area contributed by atoms with Gasteiger partial charge in [0.2, 0.25) is 0 Å². The third kappa shape index (κ3) is 2.73. The molecule has 0 saturated heterocycles. The zero-order valence-electron chi connectivity index (χ0n) is 8.70. The fourth-order valence-corrected chi connectivity index (χ4v) is 1.04. The van der Waals surface area contributed by atoms with Crippen LogP contribution in [0.3, 0.4) is 0 Å². The third-order valence-electron chi connectivity index (χ3n) is 1.77. The Kier molecular flexibility index (Phi) is 3.46. The normalized spacial score (nSPS) is 9.36. The highest BCUT2D eigenvalue weighted by atomic mass is 16.5. The lowest BCUT2D eigenvalue weighted by atomic mass is 10.1. The maximum Gasteiger partial charge on any atom is 0.343 e. The number of carbonyl (C=O) groups is 1. The second-order valence-corrected chi connectivity index (χ2v) is 3.42. The molecule has 74 valence electrons. The lowest BCUT2D eigenvalue weighted by Gasteiger charge is -2.02. The Morgan fingerprint density at radius 1 is 1.29 bits per heavy atom. The van der Waals surface area contributed by atoms with Crippen LogP contribution in [0.4, 0.5) is 0 Å². The van der Waals surface area contributed by atoms with E-state index in [0.717, 1.165) is 11.1 Å².